The maximum atomic E-state index is 10.2. The van der Waals surface area contributed by atoms with Crippen molar-refractivity contribution in [2.75, 3.05) is 0 Å². The average molecular weight is 422 g/mol. The first kappa shape index (κ1) is 18.7. The Morgan fingerprint density at radius 2 is 1.19 bits per heavy atom. The molecule has 2 nitrogen and oxygen atoms in total. The van der Waals surface area contributed by atoms with Crippen LogP contribution < -0.4 is 0 Å². The van der Waals surface area contributed by atoms with Crippen LogP contribution in [0.25, 0.3) is 0 Å². The van der Waals surface area contributed by atoms with Gasteiger partial charge >= 0.3 is 5.97 Å². The van der Waals surface area contributed by atoms with Gasteiger partial charge in [0.05, 0.1) is 0 Å². The number of hydrogen-bond donors (Lipinski definition) is 1. The Bertz CT molecular complexity index is 149. The van der Waals surface area contributed by atoms with Crippen LogP contribution >= 0.6 is 0 Å². The Hall–Kier alpha value is 0.392. The molecule has 3 heteroatoms. The molecule has 0 unspecified atom stereocenters. The van der Waals surface area contributed by atoms with E-state index in [1.807, 2.05) is 0 Å². The molecule has 0 saturated carbocycles. The zero-order valence-corrected chi connectivity index (χ0v) is 14.5. The summed E-state index contributed by atoms with van der Waals surface area (Å²) in [5, 5.41) is 8.44. The third kappa shape index (κ3) is 16.8. The van der Waals surface area contributed by atoms with Gasteiger partial charge in [-0.2, -0.15) is 0 Å². The number of aliphatic carboxylic acids is 1. The standard InChI is InChI=1S/C13H26O2.Pb/c1-2-3-4-5-6-7-8-9-10-11-12-13(14)15;/h2-12H2,1H3,(H,14,15);. The van der Waals surface area contributed by atoms with Crippen molar-refractivity contribution in [3.05, 3.63) is 0 Å². The van der Waals surface area contributed by atoms with Gasteiger partial charge in [-0.25, -0.2) is 0 Å². The fraction of sp³-hybridized carbons (Fsp3) is 0.923. The van der Waals surface area contributed by atoms with Crippen LogP contribution in [0.2, 0.25) is 0 Å². The van der Waals surface area contributed by atoms with Crippen LogP contribution in [0, 0.1) is 0 Å². The minimum atomic E-state index is -0.658. The van der Waals surface area contributed by atoms with Gasteiger partial charge in [-0.1, -0.05) is 64.7 Å². The van der Waals surface area contributed by atoms with Crippen molar-refractivity contribution >= 4 is 33.3 Å². The molecule has 0 saturated heterocycles. The number of carboxylic acid groups (broad SMARTS) is 1. The Kier molecular flexibility index (Phi) is 18.0. The molecule has 0 amide bonds. The maximum absolute atomic E-state index is 10.2. The van der Waals surface area contributed by atoms with E-state index in [0.717, 1.165) is 12.8 Å². The number of unbranched alkanes of at least 4 members (excludes halogenated alkanes) is 9. The smallest absolute Gasteiger partial charge is 0.303 e. The molecular weight excluding hydrogens is 395 g/mol. The van der Waals surface area contributed by atoms with Gasteiger partial charge in [0.1, 0.15) is 0 Å². The van der Waals surface area contributed by atoms with Crippen molar-refractivity contribution in [2.24, 2.45) is 0 Å². The topological polar surface area (TPSA) is 37.3 Å². The maximum Gasteiger partial charge on any atom is 0.303 e. The monoisotopic (exact) mass is 422 g/mol. The quantitative estimate of drug-likeness (QED) is 0.404. The third-order valence-electron chi connectivity index (χ3n) is 2.74. The second-order valence-electron chi connectivity index (χ2n) is 4.33. The zero-order valence-electron chi connectivity index (χ0n) is 10.6. The Labute approximate surface area is 120 Å². The summed E-state index contributed by atoms with van der Waals surface area (Å²) in [5.41, 5.74) is 0. The Morgan fingerprint density at radius 1 is 0.812 bits per heavy atom. The first-order chi connectivity index (χ1) is 7.27. The largest absolute Gasteiger partial charge is 0.481 e. The summed E-state index contributed by atoms with van der Waals surface area (Å²) in [7, 11) is 0. The van der Waals surface area contributed by atoms with Gasteiger partial charge in [0.2, 0.25) is 0 Å². The average Bonchev–Trinajstić information content (AvgIpc) is 2.20. The molecule has 0 aromatic carbocycles. The van der Waals surface area contributed by atoms with Crippen molar-refractivity contribution in [3.63, 3.8) is 0 Å². The summed E-state index contributed by atoms with van der Waals surface area (Å²) in [4.78, 5) is 10.2. The molecule has 0 spiro atoms. The van der Waals surface area contributed by atoms with E-state index in [0.29, 0.717) is 6.42 Å². The molecule has 0 aliphatic heterocycles. The summed E-state index contributed by atoms with van der Waals surface area (Å²) < 4.78 is 0. The third-order valence-corrected chi connectivity index (χ3v) is 2.74. The van der Waals surface area contributed by atoms with Gasteiger partial charge in [0.25, 0.3) is 0 Å². The van der Waals surface area contributed by atoms with E-state index in [9.17, 15) is 4.79 Å². The zero-order chi connectivity index (χ0) is 11.4. The predicted molar refractivity (Wildman–Crippen MR) is 69.9 cm³/mol. The number of rotatable bonds is 11. The molecule has 0 aromatic rings. The Morgan fingerprint density at radius 3 is 1.56 bits per heavy atom. The van der Waals surface area contributed by atoms with Crippen LogP contribution in [0.5, 0.6) is 0 Å². The van der Waals surface area contributed by atoms with Gasteiger partial charge in [0.15, 0.2) is 0 Å². The van der Waals surface area contributed by atoms with E-state index >= 15 is 0 Å². The van der Waals surface area contributed by atoms with E-state index < -0.39 is 5.97 Å². The Balaban J connectivity index is 0. The molecule has 0 aliphatic rings. The van der Waals surface area contributed by atoms with Crippen LogP contribution in [-0.4, -0.2) is 38.4 Å². The predicted octanol–water partition coefficient (Wildman–Crippen LogP) is 4.00. The van der Waals surface area contributed by atoms with Crippen LogP contribution in [0.15, 0.2) is 0 Å². The molecule has 0 heterocycles. The van der Waals surface area contributed by atoms with E-state index in [-0.39, 0.29) is 27.3 Å². The van der Waals surface area contributed by atoms with Crippen molar-refractivity contribution in [2.45, 2.75) is 77.6 Å². The van der Waals surface area contributed by atoms with E-state index in [1.54, 1.807) is 0 Å². The molecule has 0 aromatic heterocycles. The van der Waals surface area contributed by atoms with Gasteiger partial charge < -0.3 is 5.11 Å². The first-order valence-electron chi connectivity index (χ1n) is 6.49. The minimum absolute atomic E-state index is 0. The SMILES string of the molecule is CCCCCCCCCCCCC(=O)O.[Pb]. The van der Waals surface area contributed by atoms with E-state index in [2.05, 4.69) is 6.92 Å². The van der Waals surface area contributed by atoms with E-state index in [4.69, 9.17) is 5.11 Å². The first-order valence-corrected chi connectivity index (χ1v) is 6.49. The fourth-order valence-corrected chi connectivity index (χ4v) is 1.76. The molecule has 1 N–H and O–H groups in total. The van der Waals surface area contributed by atoms with Gasteiger partial charge in [-0.05, 0) is 6.42 Å². The molecule has 16 heavy (non-hydrogen) atoms. The molecule has 4 radical (unpaired) electrons. The molecule has 94 valence electrons. The fourth-order valence-electron chi connectivity index (χ4n) is 1.76. The molecule has 0 aliphatic carbocycles. The van der Waals surface area contributed by atoms with E-state index in [1.165, 1.54) is 51.4 Å². The number of hydrogen-bond acceptors (Lipinski definition) is 1. The molecular formula is C13H26O2Pb. The molecule has 0 atom stereocenters. The van der Waals surface area contributed by atoms with Crippen LogP contribution in [-0.2, 0) is 4.79 Å². The minimum Gasteiger partial charge on any atom is -0.481 e. The molecule has 0 fully saturated rings. The second kappa shape index (κ2) is 15.4. The summed E-state index contributed by atoms with van der Waals surface area (Å²) in [6.45, 7) is 2.24. The van der Waals surface area contributed by atoms with Crippen LogP contribution in [0.3, 0.4) is 0 Å². The molecule has 0 rings (SSSR count). The van der Waals surface area contributed by atoms with Gasteiger partial charge in [-0.3, -0.25) is 4.79 Å². The van der Waals surface area contributed by atoms with Crippen molar-refractivity contribution in [1.82, 2.24) is 0 Å². The second-order valence-corrected chi connectivity index (χ2v) is 4.33. The number of carboxylic acids is 1. The van der Waals surface area contributed by atoms with Crippen LogP contribution in [0.1, 0.15) is 77.6 Å². The van der Waals surface area contributed by atoms with Gasteiger partial charge in [-0.15, -0.1) is 0 Å². The summed E-state index contributed by atoms with van der Waals surface area (Å²) in [6.07, 6.45) is 12.9. The van der Waals surface area contributed by atoms with Gasteiger partial charge in [0, 0.05) is 33.7 Å². The molecule has 0 bridgehead atoms. The van der Waals surface area contributed by atoms with Crippen molar-refractivity contribution < 1.29 is 9.90 Å². The summed E-state index contributed by atoms with van der Waals surface area (Å²) >= 11 is 0. The van der Waals surface area contributed by atoms with Crippen molar-refractivity contribution in [3.8, 4) is 0 Å². The van der Waals surface area contributed by atoms with Crippen molar-refractivity contribution in [1.29, 1.82) is 0 Å². The number of carbonyl (C=O) groups is 1. The summed E-state index contributed by atoms with van der Waals surface area (Å²) in [5.74, 6) is -0.658. The normalized spacial score (nSPS) is 9.81. The summed E-state index contributed by atoms with van der Waals surface area (Å²) in [6, 6.07) is 0. The van der Waals surface area contributed by atoms with Crippen LogP contribution in [0.4, 0.5) is 0 Å².